The Kier molecular flexibility index (Phi) is 5.90. The molecule has 0 amide bonds. The van der Waals surface area contributed by atoms with Crippen LogP contribution in [0.15, 0.2) is 120 Å². The summed E-state index contributed by atoms with van der Waals surface area (Å²) in [6.07, 6.45) is 0. The number of benzene rings is 8. The Morgan fingerprint density at radius 1 is 0.370 bits per heavy atom. The van der Waals surface area contributed by atoms with Gasteiger partial charge in [-0.15, -0.1) is 16.4 Å². The van der Waals surface area contributed by atoms with E-state index in [4.69, 9.17) is 43.6 Å². The Bertz CT molecular complexity index is 2660. The molecule has 0 saturated carbocycles. The molecular weight excluding hydrogens is 550 g/mol. The third-order valence-electron chi connectivity index (χ3n) is 9.53. The predicted molar refractivity (Wildman–Crippen MR) is 201 cm³/mol. The van der Waals surface area contributed by atoms with Crippen LogP contribution in [0.1, 0.15) is 0 Å². The summed E-state index contributed by atoms with van der Waals surface area (Å²) in [7, 11) is 31.6. The van der Waals surface area contributed by atoms with Gasteiger partial charge in [0.2, 0.25) is 0 Å². The minimum atomic E-state index is 0.183. The molecule has 0 N–H and O–H groups in total. The lowest BCUT2D eigenvalue weighted by molar-refractivity contribution is 0.670. The van der Waals surface area contributed by atoms with E-state index in [1.54, 1.807) is 0 Å². The first-order valence-corrected chi connectivity index (χ1v) is 15.1. The van der Waals surface area contributed by atoms with E-state index in [-0.39, 0.29) is 27.3 Å². The largest absolute Gasteiger partial charge is 0.455 e. The summed E-state index contributed by atoms with van der Waals surface area (Å²) < 4.78 is 6.59. The van der Waals surface area contributed by atoms with Crippen molar-refractivity contribution >= 4 is 121 Å². The van der Waals surface area contributed by atoms with Gasteiger partial charge in [-0.3, -0.25) is 0 Å². The Balaban J connectivity index is 1.34. The molecule has 0 spiro atoms. The lowest BCUT2D eigenvalue weighted by Gasteiger charge is -2.21. The lowest BCUT2D eigenvalue weighted by atomic mass is 9.59. The number of furan rings is 1. The highest BCUT2D eigenvalue weighted by atomic mass is 16.3. The van der Waals surface area contributed by atoms with Crippen molar-refractivity contribution in [1.82, 2.24) is 0 Å². The highest BCUT2D eigenvalue weighted by molar-refractivity contribution is 6.68. The van der Waals surface area contributed by atoms with Gasteiger partial charge in [-0.25, -0.2) is 0 Å². The van der Waals surface area contributed by atoms with Gasteiger partial charge in [-0.1, -0.05) is 120 Å². The summed E-state index contributed by atoms with van der Waals surface area (Å²) >= 11 is 0. The highest BCUT2D eigenvalue weighted by Gasteiger charge is 2.21. The van der Waals surface area contributed by atoms with Crippen LogP contribution < -0.4 is 27.3 Å². The molecule has 8 aromatic carbocycles. The van der Waals surface area contributed by atoms with Gasteiger partial charge >= 0.3 is 0 Å². The molecule has 0 unspecified atom stereocenters. The molecule has 0 aliphatic heterocycles. The first-order valence-electron chi connectivity index (χ1n) is 15.1. The first kappa shape index (κ1) is 27.3. The predicted octanol–water partition coefficient (Wildman–Crippen LogP) is 5.45. The van der Waals surface area contributed by atoms with Crippen LogP contribution in [0.4, 0.5) is 0 Å². The second-order valence-electron chi connectivity index (χ2n) is 11.9. The fraction of sp³-hybridized carbons (Fsp3) is 0. The monoisotopic (exact) mass is 570 g/mol. The van der Waals surface area contributed by atoms with Gasteiger partial charge in [0, 0.05) is 16.3 Å². The van der Waals surface area contributed by atoms with Crippen LogP contribution >= 0.6 is 0 Å². The molecule has 0 atom stereocenters. The van der Waals surface area contributed by atoms with E-state index in [0.717, 1.165) is 27.5 Å². The molecule has 200 valence electrons. The minimum Gasteiger partial charge on any atom is -0.455 e. The zero-order chi connectivity index (χ0) is 31.3. The summed E-state index contributed by atoms with van der Waals surface area (Å²) in [4.78, 5) is 0. The molecule has 9 rings (SSSR count). The van der Waals surface area contributed by atoms with Crippen LogP contribution in [0.5, 0.6) is 0 Å². The van der Waals surface area contributed by atoms with Crippen molar-refractivity contribution in [3.63, 3.8) is 0 Å². The van der Waals surface area contributed by atoms with E-state index in [9.17, 15) is 0 Å². The Morgan fingerprint density at radius 2 is 0.935 bits per heavy atom. The normalized spacial score (nSPS) is 11.9. The molecule has 1 nitrogen and oxygen atoms in total. The number of hydrogen-bond acceptors (Lipinski definition) is 1. The molecule has 0 aliphatic rings. The molecule has 9 aromatic rings. The maximum Gasteiger partial charge on any atom is 0.143 e. The number of hydrogen-bond donors (Lipinski definition) is 0. The number of fused-ring (bicyclic) bond motifs is 3. The van der Waals surface area contributed by atoms with Gasteiger partial charge in [0.1, 0.15) is 50.4 Å². The average Bonchev–Trinajstić information content (AvgIpc) is 3.49. The minimum absolute atomic E-state index is 0.183. The molecular formula is C40H19B5O. The smallest absolute Gasteiger partial charge is 0.143 e. The molecule has 6 heteroatoms. The highest BCUT2D eigenvalue weighted by Crippen LogP contribution is 2.45. The molecule has 10 radical (unpaired) electrons. The second kappa shape index (κ2) is 9.96. The summed E-state index contributed by atoms with van der Waals surface area (Å²) in [6, 6.07) is 40.6. The van der Waals surface area contributed by atoms with Gasteiger partial charge in [0.05, 0.1) is 0 Å². The van der Waals surface area contributed by atoms with Crippen LogP contribution in [0.25, 0.3) is 87.6 Å². The summed E-state index contributed by atoms with van der Waals surface area (Å²) in [6.45, 7) is 0. The van der Waals surface area contributed by atoms with E-state index in [1.165, 1.54) is 43.4 Å². The van der Waals surface area contributed by atoms with Crippen LogP contribution in [-0.4, -0.2) is 39.2 Å². The molecule has 0 saturated heterocycles. The molecule has 1 heterocycles. The topological polar surface area (TPSA) is 13.1 Å². The fourth-order valence-corrected chi connectivity index (χ4v) is 7.31. The van der Waals surface area contributed by atoms with E-state index < -0.39 is 0 Å². The van der Waals surface area contributed by atoms with Crippen molar-refractivity contribution in [3.05, 3.63) is 115 Å². The van der Waals surface area contributed by atoms with Crippen molar-refractivity contribution < 1.29 is 4.42 Å². The summed E-state index contributed by atoms with van der Waals surface area (Å²) in [5.74, 6) is 0. The number of para-hydroxylation sites is 1. The van der Waals surface area contributed by atoms with Gasteiger partial charge < -0.3 is 4.42 Å². The van der Waals surface area contributed by atoms with E-state index in [1.807, 2.05) is 24.3 Å². The molecule has 0 fully saturated rings. The van der Waals surface area contributed by atoms with Gasteiger partial charge in [-0.2, -0.15) is 0 Å². The van der Waals surface area contributed by atoms with Gasteiger partial charge in [0.25, 0.3) is 0 Å². The van der Waals surface area contributed by atoms with E-state index in [0.29, 0.717) is 16.7 Å². The zero-order valence-corrected chi connectivity index (χ0v) is 24.8. The van der Waals surface area contributed by atoms with Crippen LogP contribution in [0, 0.1) is 0 Å². The molecule has 0 bridgehead atoms. The standard InChI is InChI=1S/C40H19B5O/c41-35-34(36(42)38(44)39(45)37(35)43)29-10-4-9-28-33-25(8-5-11-30(33)46-40(28)29)24-17-13-22-14-18-26-23(20-6-2-1-3-7-20)16-12-21-15-19-27(24)32(22)31(21)26/h1-19H. The molecule has 46 heavy (non-hydrogen) atoms. The van der Waals surface area contributed by atoms with Crippen molar-refractivity contribution in [2.45, 2.75) is 0 Å². The SMILES string of the molecule is [B]c1c([B])c([B])c(-c2cccc3c2oc2cccc(-c4ccc5ccc6c(-c7ccccc7)ccc7ccc4c5c76)c23)c([B])c1[B]. The van der Waals surface area contributed by atoms with Crippen LogP contribution in [0.3, 0.4) is 0 Å². The lowest BCUT2D eigenvalue weighted by Crippen LogP contribution is -2.55. The van der Waals surface area contributed by atoms with Crippen LogP contribution in [-0.2, 0) is 0 Å². The third-order valence-corrected chi connectivity index (χ3v) is 9.53. The summed E-state index contributed by atoms with van der Waals surface area (Å²) in [5, 5.41) is 9.33. The number of rotatable bonds is 3. The Labute approximate surface area is 273 Å². The third kappa shape index (κ3) is 3.71. The average molecular weight is 570 g/mol. The Morgan fingerprint density at radius 3 is 1.63 bits per heavy atom. The fourth-order valence-electron chi connectivity index (χ4n) is 7.31. The second-order valence-corrected chi connectivity index (χ2v) is 11.9. The van der Waals surface area contributed by atoms with Gasteiger partial charge in [0.15, 0.2) is 0 Å². The summed E-state index contributed by atoms with van der Waals surface area (Å²) in [5.41, 5.74) is 8.42. The van der Waals surface area contributed by atoms with E-state index >= 15 is 0 Å². The molecule has 0 aliphatic carbocycles. The first-order chi connectivity index (χ1) is 22.4. The van der Waals surface area contributed by atoms with Crippen molar-refractivity contribution in [2.24, 2.45) is 0 Å². The van der Waals surface area contributed by atoms with Crippen LogP contribution in [0.2, 0.25) is 0 Å². The zero-order valence-electron chi connectivity index (χ0n) is 24.8. The maximum absolute atomic E-state index is 6.59. The Hall–Kier alpha value is -5.08. The van der Waals surface area contributed by atoms with E-state index in [2.05, 4.69) is 91.0 Å². The maximum atomic E-state index is 6.59. The van der Waals surface area contributed by atoms with Crippen molar-refractivity contribution in [2.75, 3.05) is 0 Å². The van der Waals surface area contributed by atoms with Crippen molar-refractivity contribution in [3.8, 4) is 33.4 Å². The van der Waals surface area contributed by atoms with Gasteiger partial charge in [-0.05, 0) is 66.2 Å². The van der Waals surface area contributed by atoms with Crippen molar-refractivity contribution in [1.29, 1.82) is 0 Å². The molecule has 1 aromatic heterocycles. The quantitative estimate of drug-likeness (QED) is 0.204.